The largest absolute Gasteiger partial charge is 0.491 e. The van der Waals surface area contributed by atoms with Crippen molar-refractivity contribution < 1.29 is 14.2 Å². The molecule has 4 heterocycles. The molecular weight excluding hydrogens is 316 g/mol. The molecule has 138 valence electrons. The lowest BCUT2D eigenvalue weighted by molar-refractivity contribution is -0.142. The van der Waals surface area contributed by atoms with Gasteiger partial charge in [0, 0.05) is 51.1 Å². The van der Waals surface area contributed by atoms with Crippen molar-refractivity contribution in [3.05, 3.63) is 24.5 Å². The Morgan fingerprint density at radius 3 is 3.00 bits per heavy atom. The van der Waals surface area contributed by atoms with Crippen LogP contribution >= 0.6 is 0 Å². The number of fused-ring (bicyclic) bond motifs is 1. The van der Waals surface area contributed by atoms with Crippen molar-refractivity contribution in [2.75, 3.05) is 46.1 Å². The number of nitrogens with zero attached hydrogens (tertiary/aromatic N) is 2. The van der Waals surface area contributed by atoms with E-state index in [1.54, 1.807) is 12.4 Å². The normalized spacial score (nSPS) is 31.4. The number of rotatable bonds is 5. The first-order valence-electron chi connectivity index (χ1n) is 9.79. The Morgan fingerprint density at radius 2 is 2.16 bits per heavy atom. The third kappa shape index (κ3) is 4.15. The van der Waals surface area contributed by atoms with Crippen LogP contribution in [0.15, 0.2) is 24.5 Å². The first-order chi connectivity index (χ1) is 12.3. The highest BCUT2D eigenvalue weighted by Gasteiger charge is 2.46. The highest BCUT2D eigenvalue weighted by Crippen LogP contribution is 2.41. The quantitative estimate of drug-likeness (QED) is 0.820. The zero-order valence-electron chi connectivity index (χ0n) is 15.1. The lowest BCUT2D eigenvalue weighted by atomic mass is 9.72. The second-order valence-electron chi connectivity index (χ2n) is 7.88. The van der Waals surface area contributed by atoms with Crippen molar-refractivity contribution in [3.8, 4) is 5.75 Å². The number of likely N-dealkylation sites (tertiary alicyclic amines) is 1. The summed E-state index contributed by atoms with van der Waals surface area (Å²) in [6.45, 7) is 6.93. The fourth-order valence-corrected chi connectivity index (χ4v) is 4.70. The molecule has 5 heteroatoms. The monoisotopic (exact) mass is 346 g/mol. The van der Waals surface area contributed by atoms with Gasteiger partial charge >= 0.3 is 0 Å². The van der Waals surface area contributed by atoms with Gasteiger partial charge < -0.3 is 19.1 Å². The lowest BCUT2D eigenvalue weighted by Crippen LogP contribution is -2.58. The summed E-state index contributed by atoms with van der Waals surface area (Å²) in [6.07, 6.45) is 9.79. The SMILES string of the molecule is c1cncc(OC[C@]23CCCO[C@H]2CCN(CC2CCOCC2)C3)c1. The second-order valence-corrected chi connectivity index (χ2v) is 7.88. The van der Waals surface area contributed by atoms with Gasteiger partial charge in [-0.1, -0.05) is 0 Å². The van der Waals surface area contributed by atoms with E-state index in [9.17, 15) is 0 Å². The van der Waals surface area contributed by atoms with E-state index < -0.39 is 0 Å². The number of aromatic nitrogens is 1. The third-order valence-corrected chi connectivity index (χ3v) is 6.09. The fraction of sp³-hybridized carbons (Fsp3) is 0.750. The zero-order valence-corrected chi connectivity index (χ0v) is 15.1. The van der Waals surface area contributed by atoms with E-state index >= 15 is 0 Å². The number of hydrogen-bond donors (Lipinski definition) is 0. The predicted molar refractivity (Wildman–Crippen MR) is 95.7 cm³/mol. The van der Waals surface area contributed by atoms with Crippen LogP contribution in [-0.2, 0) is 9.47 Å². The number of ether oxygens (including phenoxy) is 3. The molecule has 3 aliphatic heterocycles. The minimum atomic E-state index is 0.123. The van der Waals surface area contributed by atoms with E-state index in [1.807, 2.05) is 12.1 Å². The van der Waals surface area contributed by atoms with Gasteiger partial charge in [0.1, 0.15) is 5.75 Å². The van der Waals surface area contributed by atoms with Crippen LogP contribution < -0.4 is 4.74 Å². The molecule has 2 atom stereocenters. The summed E-state index contributed by atoms with van der Waals surface area (Å²) in [4.78, 5) is 6.82. The Bertz CT molecular complexity index is 535. The topological polar surface area (TPSA) is 43.8 Å². The molecule has 1 aromatic rings. The Balaban J connectivity index is 1.41. The third-order valence-electron chi connectivity index (χ3n) is 6.09. The van der Waals surface area contributed by atoms with Gasteiger partial charge in [-0.3, -0.25) is 4.98 Å². The molecule has 3 aliphatic rings. The lowest BCUT2D eigenvalue weighted by Gasteiger charge is -2.50. The maximum Gasteiger partial charge on any atom is 0.137 e. The Labute approximate surface area is 150 Å². The molecule has 0 bridgehead atoms. The number of hydrogen-bond acceptors (Lipinski definition) is 5. The number of piperidine rings is 1. The van der Waals surface area contributed by atoms with Crippen molar-refractivity contribution in [2.24, 2.45) is 11.3 Å². The van der Waals surface area contributed by atoms with Gasteiger partial charge in [-0.25, -0.2) is 0 Å². The van der Waals surface area contributed by atoms with Crippen LogP contribution in [0.1, 0.15) is 32.1 Å². The summed E-state index contributed by atoms with van der Waals surface area (Å²) < 4.78 is 17.8. The molecule has 0 aromatic carbocycles. The fourth-order valence-electron chi connectivity index (χ4n) is 4.70. The molecule has 5 nitrogen and oxygen atoms in total. The highest BCUT2D eigenvalue weighted by atomic mass is 16.5. The van der Waals surface area contributed by atoms with E-state index in [4.69, 9.17) is 14.2 Å². The molecule has 0 N–H and O–H groups in total. The highest BCUT2D eigenvalue weighted by molar-refractivity contribution is 5.16. The van der Waals surface area contributed by atoms with Crippen LogP contribution in [0.3, 0.4) is 0 Å². The Hall–Kier alpha value is -1.17. The predicted octanol–water partition coefficient (Wildman–Crippen LogP) is 2.76. The van der Waals surface area contributed by atoms with E-state index in [-0.39, 0.29) is 5.41 Å². The molecule has 0 spiro atoms. The summed E-state index contributed by atoms with van der Waals surface area (Å²) in [7, 11) is 0. The van der Waals surface area contributed by atoms with Gasteiger partial charge in [0.05, 0.1) is 18.9 Å². The van der Waals surface area contributed by atoms with E-state index in [2.05, 4.69) is 9.88 Å². The molecule has 0 saturated carbocycles. The first-order valence-corrected chi connectivity index (χ1v) is 9.79. The van der Waals surface area contributed by atoms with Crippen LogP contribution in [0.5, 0.6) is 5.75 Å². The van der Waals surface area contributed by atoms with Gasteiger partial charge in [-0.05, 0) is 50.2 Å². The van der Waals surface area contributed by atoms with E-state index in [0.29, 0.717) is 6.10 Å². The minimum absolute atomic E-state index is 0.123. The van der Waals surface area contributed by atoms with Gasteiger partial charge in [-0.2, -0.15) is 0 Å². The van der Waals surface area contributed by atoms with Crippen LogP contribution in [-0.4, -0.2) is 62.0 Å². The maximum absolute atomic E-state index is 6.17. The number of pyridine rings is 1. The standard InChI is InChI=1S/C20H30N2O3/c1-3-18(13-21-8-1)25-16-20-7-2-10-24-19(20)4-9-22(15-20)14-17-5-11-23-12-6-17/h1,3,8,13,17,19H,2,4-7,9-12,14-16H2/t19-,20+/m0/s1. The molecule has 3 fully saturated rings. The summed E-state index contributed by atoms with van der Waals surface area (Å²) in [5, 5.41) is 0. The molecular formula is C20H30N2O3. The second kappa shape index (κ2) is 8.02. The minimum Gasteiger partial charge on any atom is -0.491 e. The first kappa shape index (κ1) is 17.3. The summed E-state index contributed by atoms with van der Waals surface area (Å²) in [5.41, 5.74) is 0.123. The van der Waals surface area contributed by atoms with Crippen molar-refractivity contribution in [3.63, 3.8) is 0 Å². The van der Waals surface area contributed by atoms with Crippen LogP contribution in [0, 0.1) is 11.3 Å². The molecule has 1 aromatic heterocycles. The van der Waals surface area contributed by atoms with E-state index in [0.717, 1.165) is 64.0 Å². The zero-order chi connectivity index (χ0) is 17.0. The molecule has 0 amide bonds. The summed E-state index contributed by atoms with van der Waals surface area (Å²) in [6, 6.07) is 3.92. The van der Waals surface area contributed by atoms with Crippen molar-refractivity contribution in [2.45, 2.75) is 38.2 Å². The molecule has 0 unspecified atom stereocenters. The molecule has 0 aliphatic carbocycles. The van der Waals surface area contributed by atoms with Crippen LogP contribution in [0.2, 0.25) is 0 Å². The van der Waals surface area contributed by atoms with Crippen molar-refractivity contribution >= 4 is 0 Å². The molecule has 4 rings (SSSR count). The summed E-state index contributed by atoms with van der Waals surface area (Å²) >= 11 is 0. The average Bonchev–Trinajstić information content (AvgIpc) is 2.68. The van der Waals surface area contributed by atoms with E-state index in [1.165, 1.54) is 25.8 Å². The van der Waals surface area contributed by atoms with Gasteiger partial charge in [0.2, 0.25) is 0 Å². The van der Waals surface area contributed by atoms with Gasteiger partial charge in [-0.15, -0.1) is 0 Å². The smallest absolute Gasteiger partial charge is 0.137 e. The van der Waals surface area contributed by atoms with Crippen LogP contribution in [0.4, 0.5) is 0 Å². The molecule has 3 saturated heterocycles. The summed E-state index contributed by atoms with van der Waals surface area (Å²) in [5.74, 6) is 1.65. The molecule has 25 heavy (non-hydrogen) atoms. The van der Waals surface area contributed by atoms with Gasteiger partial charge in [0.15, 0.2) is 0 Å². The average molecular weight is 346 g/mol. The molecule has 0 radical (unpaired) electrons. The van der Waals surface area contributed by atoms with Crippen molar-refractivity contribution in [1.29, 1.82) is 0 Å². The maximum atomic E-state index is 6.17. The van der Waals surface area contributed by atoms with Crippen molar-refractivity contribution in [1.82, 2.24) is 9.88 Å². The van der Waals surface area contributed by atoms with Gasteiger partial charge in [0.25, 0.3) is 0 Å². The Kier molecular flexibility index (Phi) is 5.54. The Morgan fingerprint density at radius 1 is 1.24 bits per heavy atom. The van der Waals surface area contributed by atoms with Crippen LogP contribution in [0.25, 0.3) is 0 Å².